The number of hydrogen-bond donors (Lipinski definition) is 1. The summed E-state index contributed by atoms with van der Waals surface area (Å²) in [6.45, 7) is 6.87. The van der Waals surface area contributed by atoms with Gasteiger partial charge in [0, 0.05) is 31.9 Å². The summed E-state index contributed by atoms with van der Waals surface area (Å²) in [6.07, 6.45) is -1.95. The largest absolute Gasteiger partial charge is 0.471 e. The molecule has 34 heavy (non-hydrogen) atoms. The number of ether oxygens (including phenoxy) is 1. The van der Waals surface area contributed by atoms with Gasteiger partial charge in [-0.15, -0.1) is 0 Å². The van der Waals surface area contributed by atoms with Crippen molar-refractivity contribution in [2.45, 2.75) is 37.6 Å². The van der Waals surface area contributed by atoms with Gasteiger partial charge in [0.1, 0.15) is 5.60 Å². The average molecular weight is 479 g/mol. The quantitative estimate of drug-likeness (QED) is 0.501. The number of para-hydroxylation sites is 1. The number of nitrogens with zero attached hydrogens (tertiary/aromatic N) is 3. The van der Waals surface area contributed by atoms with E-state index in [0.29, 0.717) is 26.2 Å². The summed E-state index contributed by atoms with van der Waals surface area (Å²) in [5.41, 5.74) is 2.87. The van der Waals surface area contributed by atoms with E-state index in [4.69, 9.17) is 4.74 Å². The van der Waals surface area contributed by atoms with Gasteiger partial charge in [-0.1, -0.05) is 36.4 Å². The number of fused-ring (bicyclic) bond motifs is 1. The van der Waals surface area contributed by atoms with Crippen molar-refractivity contribution in [3.63, 3.8) is 0 Å². The number of halogens is 3. The van der Waals surface area contributed by atoms with Crippen molar-refractivity contribution >= 4 is 23.2 Å². The summed E-state index contributed by atoms with van der Waals surface area (Å²) in [5.74, 6) is -1.94. The normalized spacial score (nSPS) is 27.1. The molecule has 0 bridgehead atoms. The van der Waals surface area contributed by atoms with Gasteiger partial charge in [-0.2, -0.15) is 13.2 Å². The minimum Gasteiger partial charge on any atom is -0.361 e. The molecule has 0 radical (unpaired) electrons. The highest BCUT2D eigenvalue weighted by molar-refractivity contribution is 5.84. The van der Waals surface area contributed by atoms with E-state index in [0.717, 1.165) is 22.4 Å². The Morgan fingerprint density at radius 1 is 1.26 bits per heavy atom. The van der Waals surface area contributed by atoms with Gasteiger partial charge < -0.3 is 24.8 Å². The van der Waals surface area contributed by atoms with Crippen molar-refractivity contribution in [2.75, 3.05) is 38.9 Å². The van der Waals surface area contributed by atoms with Gasteiger partial charge in [-0.05, 0) is 37.3 Å². The highest BCUT2D eigenvalue weighted by Crippen LogP contribution is 2.60. The lowest BCUT2D eigenvalue weighted by atomic mass is 9.87. The molecular weight excluding hydrogens is 449 g/mol. The van der Waals surface area contributed by atoms with E-state index in [-0.39, 0.29) is 24.6 Å². The summed E-state index contributed by atoms with van der Waals surface area (Å²) in [6, 6.07) is 7.78. The molecule has 1 aromatic rings. The third-order valence-corrected chi connectivity index (χ3v) is 6.97. The zero-order chi connectivity index (χ0) is 24.8. The second kappa shape index (κ2) is 8.65. The monoisotopic (exact) mass is 478 g/mol. The lowest BCUT2D eigenvalue weighted by Gasteiger charge is -2.41. The average Bonchev–Trinajstić information content (AvgIpc) is 3.37. The first-order valence-electron chi connectivity index (χ1n) is 11.2. The molecule has 7 nitrogen and oxygen atoms in total. The van der Waals surface area contributed by atoms with E-state index in [2.05, 4.69) is 11.5 Å². The molecule has 4 rings (SSSR count). The van der Waals surface area contributed by atoms with Crippen molar-refractivity contribution in [1.82, 2.24) is 15.1 Å². The predicted molar refractivity (Wildman–Crippen MR) is 122 cm³/mol. The van der Waals surface area contributed by atoms with Crippen molar-refractivity contribution in [3.8, 4) is 0 Å². The number of carbonyl (C=O) groups excluding carboxylic acids is 2. The van der Waals surface area contributed by atoms with Gasteiger partial charge in [-0.25, -0.2) is 4.79 Å². The fraction of sp³-hybridized carbons (Fsp3) is 0.500. The summed E-state index contributed by atoms with van der Waals surface area (Å²) >= 11 is 0. The lowest BCUT2D eigenvalue weighted by molar-refractivity contribution is -0.173. The number of anilines is 1. The Labute approximate surface area is 196 Å². The molecule has 2 aliphatic heterocycles. The minimum absolute atomic E-state index is 0.00827. The summed E-state index contributed by atoms with van der Waals surface area (Å²) < 4.78 is 43.8. The maximum absolute atomic E-state index is 12.6. The van der Waals surface area contributed by atoms with E-state index in [9.17, 15) is 22.8 Å². The Morgan fingerprint density at radius 3 is 2.53 bits per heavy atom. The highest BCUT2D eigenvalue weighted by Gasteiger charge is 2.64. The predicted octanol–water partition coefficient (Wildman–Crippen LogP) is 3.59. The van der Waals surface area contributed by atoms with Crippen LogP contribution in [0.25, 0.3) is 5.57 Å². The number of rotatable bonds is 6. The Kier molecular flexibility index (Phi) is 6.14. The molecule has 3 fully saturated rings. The standard InChI is InChI=1S/C24H29F3N4O3/c1-5-16(12-28-21(32)24(25,26)27)17-10-20-23(11-17,34-20)15(2)18-8-6-7-9-19(18)31-13-29(3)22(33)30(4)14-31/h5-9,17,20H,2,10-14H2,1,3-4H3,(H,28,32)/b16-5-/t17-,20-,23-/m1/s1. The summed E-state index contributed by atoms with van der Waals surface area (Å²) in [7, 11) is 3.50. The molecule has 3 atom stereocenters. The molecule has 1 saturated carbocycles. The summed E-state index contributed by atoms with van der Waals surface area (Å²) in [5, 5.41) is 1.98. The topological polar surface area (TPSA) is 68.4 Å². The maximum Gasteiger partial charge on any atom is 0.471 e. The number of amides is 3. The van der Waals surface area contributed by atoms with Crippen molar-refractivity contribution < 1.29 is 27.5 Å². The smallest absolute Gasteiger partial charge is 0.361 e. The Balaban J connectivity index is 1.49. The molecule has 1 aliphatic carbocycles. The fourth-order valence-electron chi connectivity index (χ4n) is 5.14. The van der Waals surface area contributed by atoms with E-state index in [1.54, 1.807) is 36.9 Å². The Bertz CT molecular complexity index is 1030. The van der Waals surface area contributed by atoms with Crippen LogP contribution in [0.15, 0.2) is 42.5 Å². The first-order valence-corrected chi connectivity index (χ1v) is 11.2. The van der Waals surface area contributed by atoms with Gasteiger partial charge in [-0.3, -0.25) is 4.79 Å². The van der Waals surface area contributed by atoms with Crippen LogP contribution in [0, 0.1) is 5.92 Å². The van der Waals surface area contributed by atoms with Crippen LogP contribution in [0.5, 0.6) is 0 Å². The van der Waals surface area contributed by atoms with Crippen LogP contribution in [-0.4, -0.2) is 73.6 Å². The third-order valence-electron chi connectivity index (χ3n) is 6.97. The van der Waals surface area contributed by atoms with Crippen molar-refractivity contribution in [1.29, 1.82) is 0 Å². The highest BCUT2D eigenvalue weighted by atomic mass is 19.4. The number of nitrogens with one attached hydrogen (secondary N) is 1. The number of urea groups is 1. The SMILES string of the molecule is C=C(c1ccccc1N1CN(C)C(=O)N(C)C1)[C@]12C[C@H](/C(=C\C)CNC(=O)C(F)(F)F)C[C@H]1O2. The molecule has 0 unspecified atom stereocenters. The molecule has 1 aromatic carbocycles. The first kappa shape index (κ1) is 24.1. The van der Waals surface area contributed by atoms with Crippen LogP contribution >= 0.6 is 0 Å². The van der Waals surface area contributed by atoms with Crippen LogP contribution in [0.4, 0.5) is 23.7 Å². The van der Waals surface area contributed by atoms with Crippen molar-refractivity contribution in [3.05, 3.63) is 48.1 Å². The van der Waals surface area contributed by atoms with Crippen molar-refractivity contribution in [2.24, 2.45) is 5.92 Å². The van der Waals surface area contributed by atoms with E-state index in [1.165, 1.54) is 0 Å². The molecular formula is C24H29F3N4O3. The van der Waals surface area contributed by atoms with Crippen LogP contribution < -0.4 is 10.2 Å². The number of hydrogen-bond acceptors (Lipinski definition) is 4. The maximum atomic E-state index is 12.6. The fourth-order valence-corrected chi connectivity index (χ4v) is 5.14. The molecule has 2 heterocycles. The van der Waals surface area contributed by atoms with E-state index >= 15 is 0 Å². The summed E-state index contributed by atoms with van der Waals surface area (Å²) in [4.78, 5) is 28.8. The molecule has 184 valence electrons. The number of epoxide rings is 1. The van der Waals surface area contributed by atoms with Gasteiger partial charge >= 0.3 is 18.1 Å². The lowest BCUT2D eigenvalue weighted by Crippen LogP contribution is -2.55. The van der Waals surface area contributed by atoms with Gasteiger partial charge in [0.15, 0.2) is 0 Å². The molecule has 0 spiro atoms. The molecule has 10 heteroatoms. The molecule has 0 aromatic heterocycles. The number of carbonyl (C=O) groups is 2. The van der Waals surface area contributed by atoms with Crippen LogP contribution in [-0.2, 0) is 9.53 Å². The molecule has 1 N–H and O–H groups in total. The van der Waals surface area contributed by atoms with Gasteiger partial charge in [0.05, 0.1) is 19.4 Å². The number of alkyl halides is 3. The van der Waals surface area contributed by atoms with Gasteiger partial charge in [0.25, 0.3) is 0 Å². The molecule has 3 amide bonds. The zero-order valence-electron chi connectivity index (χ0n) is 19.5. The second-order valence-corrected chi connectivity index (χ2v) is 9.17. The third kappa shape index (κ3) is 4.26. The number of benzene rings is 1. The molecule has 3 aliphatic rings. The molecule has 2 saturated heterocycles. The Hall–Kier alpha value is -3.01. The van der Waals surface area contributed by atoms with Crippen LogP contribution in [0.1, 0.15) is 25.3 Å². The van der Waals surface area contributed by atoms with E-state index < -0.39 is 17.7 Å². The Morgan fingerprint density at radius 2 is 1.91 bits per heavy atom. The van der Waals surface area contributed by atoms with Crippen LogP contribution in [0.3, 0.4) is 0 Å². The minimum atomic E-state index is -4.90. The second-order valence-electron chi connectivity index (χ2n) is 9.17. The number of allylic oxidation sites excluding steroid dienone is 1. The van der Waals surface area contributed by atoms with Crippen LogP contribution in [0.2, 0.25) is 0 Å². The van der Waals surface area contributed by atoms with Gasteiger partial charge in [0.2, 0.25) is 0 Å². The van der Waals surface area contributed by atoms with E-state index in [1.807, 2.05) is 29.6 Å². The zero-order valence-corrected chi connectivity index (χ0v) is 19.5. The first-order chi connectivity index (χ1) is 16.0.